The van der Waals surface area contributed by atoms with Gasteiger partial charge in [0.25, 0.3) is 16.0 Å². The maximum absolute atomic E-state index is 12.4. The maximum atomic E-state index is 12.4. The van der Waals surface area contributed by atoms with Gasteiger partial charge in [-0.2, -0.15) is 14.2 Å². The van der Waals surface area contributed by atoms with Crippen LogP contribution in [0.2, 0.25) is 0 Å². The number of fused-ring (bicyclic) bond motifs is 3. The highest BCUT2D eigenvalue weighted by Gasteiger charge is 2.38. The first-order valence-corrected chi connectivity index (χ1v) is 11.9. The van der Waals surface area contributed by atoms with E-state index in [9.17, 15) is 8.42 Å². The summed E-state index contributed by atoms with van der Waals surface area (Å²) in [6, 6.07) is 4.46. The molecule has 5 heterocycles. The number of imidazole rings is 1. The molecule has 0 unspecified atom stereocenters. The number of hydrogen-bond donors (Lipinski definition) is 0. The first kappa shape index (κ1) is 19.4. The van der Waals surface area contributed by atoms with Crippen molar-refractivity contribution in [1.29, 1.82) is 0 Å². The minimum Gasteiger partial charge on any atom is -0.462 e. The third-order valence-corrected chi connectivity index (χ3v) is 7.86. The van der Waals surface area contributed by atoms with E-state index < -0.39 is 10.0 Å². The van der Waals surface area contributed by atoms with Crippen LogP contribution < -0.4 is 4.74 Å². The lowest BCUT2D eigenvalue weighted by atomic mass is 10.1. The van der Waals surface area contributed by atoms with E-state index in [1.54, 1.807) is 12.4 Å². The summed E-state index contributed by atoms with van der Waals surface area (Å²) in [6.07, 6.45) is 8.26. The second-order valence-electron chi connectivity index (χ2n) is 8.89. The fraction of sp³-hybridized carbons (Fsp3) is 0.381. The van der Waals surface area contributed by atoms with Gasteiger partial charge in [-0.15, -0.1) is 0 Å². The van der Waals surface area contributed by atoms with Gasteiger partial charge < -0.3 is 4.74 Å². The lowest BCUT2D eigenvalue weighted by Gasteiger charge is -2.18. The van der Waals surface area contributed by atoms with E-state index in [1.807, 2.05) is 12.1 Å². The average Bonchev–Trinajstić information content (AvgIpc) is 3.27. The molecule has 10 nitrogen and oxygen atoms in total. The van der Waals surface area contributed by atoms with E-state index in [0.29, 0.717) is 43.3 Å². The molecule has 0 spiro atoms. The molecule has 0 amide bonds. The Bertz CT molecular complexity index is 1470. The summed E-state index contributed by atoms with van der Waals surface area (Å²) in [5, 5.41) is 3.70. The minimum absolute atomic E-state index is 0.175. The molecule has 1 saturated carbocycles. The van der Waals surface area contributed by atoms with Crippen LogP contribution in [-0.4, -0.2) is 54.0 Å². The molecule has 1 aliphatic heterocycles. The molecule has 0 aromatic carbocycles. The van der Waals surface area contributed by atoms with Crippen molar-refractivity contribution in [3.8, 4) is 17.4 Å². The van der Waals surface area contributed by atoms with Crippen LogP contribution in [0.25, 0.3) is 22.4 Å². The number of pyridine rings is 1. The number of aromatic nitrogens is 7. The fourth-order valence-electron chi connectivity index (χ4n) is 3.98. The summed E-state index contributed by atoms with van der Waals surface area (Å²) >= 11 is 0. The highest BCUT2D eigenvalue weighted by atomic mass is 32.2. The second kappa shape index (κ2) is 6.58. The van der Waals surface area contributed by atoms with Gasteiger partial charge in [0.05, 0.1) is 46.2 Å². The SMILES string of the molecule is CC1(C)COc2nc3cnc(Cc4ccnc(-c5cnn(S(=O)(=O)C6CC6)c5)n4)cc3n21. The van der Waals surface area contributed by atoms with Gasteiger partial charge in [-0.3, -0.25) is 9.55 Å². The van der Waals surface area contributed by atoms with Crippen molar-refractivity contribution in [2.24, 2.45) is 0 Å². The van der Waals surface area contributed by atoms with Gasteiger partial charge in [-0.1, -0.05) is 0 Å². The van der Waals surface area contributed by atoms with Gasteiger partial charge in [0.2, 0.25) is 0 Å². The Hall–Kier alpha value is -3.34. The Morgan fingerprint density at radius 1 is 1.16 bits per heavy atom. The molecule has 2 aliphatic rings. The normalized spacial score (nSPS) is 17.4. The summed E-state index contributed by atoms with van der Waals surface area (Å²) in [6.45, 7) is 4.82. The lowest BCUT2D eigenvalue weighted by molar-refractivity contribution is 0.269. The van der Waals surface area contributed by atoms with Crippen molar-refractivity contribution < 1.29 is 13.2 Å². The van der Waals surface area contributed by atoms with E-state index in [-0.39, 0.29) is 10.8 Å². The molecule has 0 bridgehead atoms. The van der Waals surface area contributed by atoms with Gasteiger partial charge in [-0.05, 0) is 38.8 Å². The summed E-state index contributed by atoms with van der Waals surface area (Å²) in [4.78, 5) is 18.0. The predicted molar refractivity (Wildman–Crippen MR) is 116 cm³/mol. The maximum Gasteiger partial charge on any atom is 0.298 e. The van der Waals surface area contributed by atoms with Crippen molar-refractivity contribution in [1.82, 2.24) is 33.7 Å². The van der Waals surface area contributed by atoms with E-state index >= 15 is 0 Å². The molecular formula is C21H21N7O3S. The summed E-state index contributed by atoms with van der Waals surface area (Å²) in [5.41, 5.74) is 3.78. The molecule has 4 aromatic heterocycles. The average molecular weight is 452 g/mol. The first-order chi connectivity index (χ1) is 15.3. The third kappa shape index (κ3) is 3.07. The largest absolute Gasteiger partial charge is 0.462 e. The Labute approximate surface area is 184 Å². The fourth-order valence-corrected chi connectivity index (χ4v) is 5.46. The zero-order valence-electron chi connectivity index (χ0n) is 17.6. The molecule has 6 rings (SSSR count). The van der Waals surface area contributed by atoms with Crippen molar-refractivity contribution in [3.05, 3.63) is 48.3 Å². The Morgan fingerprint density at radius 3 is 2.81 bits per heavy atom. The Morgan fingerprint density at radius 2 is 2.00 bits per heavy atom. The molecule has 1 aliphatic carbocycles. The summed E-state index contributed by atoms with van der Waals surface area (Å²) in [7, 11) is -3.42. The molecule has 164 valence electrons. The number of rotatable bonds is 5. The van der Waals surface area contributed by atoms with Crippen LogP contribution in [-0.2, 0) is 22.0 Å². The Balaban J connectivity index is 1.30. The van der Waals surface area contributed by atoms with E-state index in [2.05, 4.69) is 43.4 Å². The Kier molecular flexibility index (Phi) is 3.98. The van der Waals surface area contributed by atoms with Crippen LogP contribution in [0, 0.1) is 0 Å². The zero-order valence-corrected chi connectivity index (χ0v) is 18.4. The highest BCUT2D eigenvalue weighted by molar-refractivity contribution is 7.90. The van der Waals surface area contributed by atoms with Crippen LogP contribution >= 0.6 is 0 Å². The van der Waals surface area contributed by atoms with Gasteiger partial charge in [0.15, 0.2) is 5.82 Å². The topological polar surface area (TPSA) is 118 Å². The van der Waals surface area contributed by atoms with Crippen LogP contribution in [0.5, 0.6) is 6.01 Å². The third-order valence-electron chi connectivity index (χ3n) is 5.83. The number of ether oxygens (including phenoxy) is 1. The molecule has 0 atom stereocenters. The first-order valence-electron chi connectivity index (χ1n) is 10.4. The molecule has 0 saturated heterocycles. The van der Waals surface area contributed by atoms with Crippen molar-refractivity contribution in [3.63, 3.8) is 0 Å². The van der Waals surface area contributed by atoms with Gasteiger partial charge in [0.1, 0.15) is 12.1 Å². The zero-order chi connectivity index (χ0) is 22.1. The van der Waals surface area contributed by atoms with Gasteiger partial charge >= 0.3 is 0 Å². The van der Waals surface area contributed by atoms with Crippen LogP contribution in [0.15, 0.2) is 36.9 Å². The molecule has 32 heavy (non-hydrogen) atoms. The van der Waals surface area contributed by atoms with Crippen molar-refractivity contribution >= 4 is 21.1 Å². The summed E-state index contributed by atoms with van der Waals surface area (Å²) in [5.74, 6) is 0.431. The van der Waals surface area contributed by atoms with Crippen LogP contribution in [0.3, 0.4) is 0 Å². The van der Waals surface area contributed by atoms with Crippen molar-refractivity contribution in [2.45, 2.75) is 43.9 Å². The van der Waals surface area contributed by atoms with Crippen LogP contribution in [0.1, 0.15) is 38.1 Å². The molecule has 0 N–H and O–H groups in total. The standard InChI is InChI=1S/C21H21N7O3S/c1-21(2)12-31-20-26-17-10-23-15(8-18(17)28(20)21)7-14-5-6-22-19(25-14)13-9-24-27(11-13)32(29,30)16-3-4-16/h5-6,8-11,16H,3-4,7,12H2,1-2H3. The highest BCUT2D eigenvalue weighted by Crippen LogP contribution is 2.35. The minimum atomic E-state index is -3.42. The van der Waals surface area contributed by atoms with Crippen molar-refractivity contribution in [2.75, 3.05) is 6.61 Å². The molecule has 4 aromatic rings. The number of hydrogen-bond acceptors (Lipinski definition) is 8. The van der Waals surface area contributed by atoms with E-state index in [0.717, 1.165) is 26.5 Å². The lowest BCUT2D eigenvalue weighted by Crippen LogP contribution is -2.25. The monoisotopic (exact) mass is 451 g/mol. The van der Waals surface area contributed by atoms with Gasteiger partial charge in [0, 0.05) is 18.3 Å². The smallest absolute Gasteiger partial charge is 0.298 e. The second-order valence-corrected chi connectivity index (χ2v) is 11.0. The molecule has 1 fully saturated rings. The predicted octanol–water partition coefficient (Wildman–Crippen LogP) is 2.14. The van der Waals surface area contributed by atoms with E-state index in [1.165, 1.54) is 12.4 Å². The quantitative estimate of drug-likeness (QED) is 0.453. The molecule has 11 heteroatoms. The van der Waals surface area contributed by atoms with E-state index in [4.69, 9.17) is 4.74 Å². The van der Waals surface area contributed by atoms with Crippen LogP contribution in [0.4, 0.5) is 0 Å². The van der Waals surface area contributed by atoms with Gasteiger partial charge in [-0.25, -0.2) is 18.4 Å². The summed E-state index contributed by atoms with van der Waals surface area (Å²) < 4.78 is 33.6. The molecular weight excluding hydrogens is 430 g/mol. The number of nitrogens with zero attached hydrogens (tertiary/aromatic N) is 7. The molecule has 0 radical (unpaired) electrons.